The molecule has 2 heterocycles. The topological polar surface area (TPSA) is 86.1 Å². The van der Waals surface area contributed by atoms with Crippen molar-refractivity contribution in [3.05, 3.63) is 94.3 Å². The van der Waals surface area contributed by atoms with Crippen LogP contribution in [-0.2, 0) is 0 Å². The van der Waals surface area contributed by atoms with Gasteiger partial charge in [0.25, 0.3) is 11.8 Å². The summed E-state index contributed by atoms with van der Waals surface area (Å²) in [6, 6.07) is 17.9. The molecule has 0 radical (unpaired) electrons. The number of halogens is 1. The second kappa shape index (κ2) is 9.63. The standard InChI is InChI=1S/C25H21ClN4O2/c26-22-6-5-21(15-23(22)29-24(31)20-7-11-28-12-8-20)25(32)30-13-9-19(10-14-30)18-3-1-17(16-27)2-4-18/h1-8,11-12,15,19H,9-10,13-14H2,(H,29,31). The number of nitrogens with zero attached hydrogens (tertiary/aromatic N) is 3. The molecular weight excluding hydrogens is 424 g/mol. The molecule has 1 aliphatic rings. The van der Waals surface area contributed by atoms with Gasteiger partial charge in [-0.25, -0.2) is 0 Å². The molecule has 4 rings (SSSR count). The highest BCUT2D eigenvalue weighted by atomic mass is 35.5. The molecule has 0 bridgehead atoms. The molecule has 6 nitrogen and oxygen atoms in total. The first kappa shape index (κ1) is 21.5. The molecule has 2 amide bonds. The van der Waals surface area contributed by atoms with E-state index < -0.39 is 0 Å². The fourth-order valence-corrected chi connectivity index (χ4v) is 4.04. The Morgan fingerprint density at radius 2 is 1.69 bits per heavy atom. The fourth-order valence-electron chi connectivity index (χ4n) is 3.88. The van der Waals surface area contributed by atoms with E-state index in [1.165, 1.54) is 18.0 Å². The minimum Gasteiger partial charge on any atom is -0.339 e. The highest BCUT2D eigenvalue weighted by Gasteiger charge is 2.25. The number of hydrogen-bond donors (Lipinski definition) is 1. The van der Waals surface area contributed by atoms with Crippen molar-refractivity contribution >= 4 is 29.1 Å². The lowest BCUT2D eigenvalue weighted by atomic mass is 9.89. The summed E-state index contributed by atoms with van der Waals surface area (Å²) in [6.45, 7) is 1.29. The molecule has 0 spiro atoms. The maximum atomic E-state index is 13.1. The van der Waals surface area contributed by atoms with E-state index in [4.69, 9.17) is 16.9 Å². The molecule has 0 unspecified atom stereocenters. The molecule has 0 saturated carbocycles. The zero-order valence-corrected chi connectivity index (χ0v) is 18.0. The molecule has 3 aromatic rings. The van der Waals surface area contributed by atoms with E-state index >= 15 is 0 Å². The van der Waals surface area contributed by atoms with Crippen molar-refractivity contribution in [3.63, 3.8) is 0 Å². The van der Waals surface area contributed by atoms with Crippen LogP contribution in [0.3, 0.4) is 0 Å². The molecule has 32 heavy (non-hydrogen) atoms. The Bertz CT molecular complexity index is 1160. The highest BCUT2D eigenvalue weighted by Crippen LogP contribution is 2.30. The van der Waals surface area contributed by atoms with E-state index in [2.05, 4.69) is 16.4 Å². The van der Waals surface area contributed by atoms with Crippen LogP contribution in [0.4, 0.5) is 5.69 Å². The molecule has 160 valence electrons. The number of hydrogen-bond acceptors (Lipinski definition) is 4. The van der Waals surface area contributed by atoms with Gasteiger partial charge >= 0.3 is 0 Å². The third-order valence-corrected chi connectivity index (χ3v) is 6.03. The van der Waals surface area contributed by atoms with Gasteiger partial charge in [0.1, 0.15) is 0 Å². The number of piperidine rings is 1. The lowest BCUT2D eigenvalue weighted by Gasteiger charge is -2.32. The van der Waals surface area contributed by atoms with Crippen LogP contribution in [0.1, 0.15) is 50.6 Å². The Morgan fingerprint density at radius 3 is 2.34 bits per heavy atom. The smallest absolute Gasteiger partial charge is 0.255 e. The van der Waals surface area contributed by atoms with Gasteiger partial charge in [0.05, 0.1) is 22.3 Å². The third-order valence-electron chi connectivity index (χ3n) is 5.70. The number of carbonyl (C=O) groups is 2. The molecule has 1 aromatic heterocycles. The van der Waals surface area contributed by atoms with Gasteiger partial charge in [0.2, 0.25) is 0 Å². The van der Waals surface area contributed by atoms with Gasteiger partial charge in [-0.05, 0) is 66.8 Å². The second-order valence-electron chi connectivity index (χ2n) is 7.68. The SMILES string of the molecule is N#Cc1ccc(C2CCN(C(=O)c3ccc(Cl)c(NC(=O)c4ccncc4)c3)CC2)cc1. The first-order valence-corrected chi connectivity index (χ1v) is 10.7. The van der Waals surface area contributed by atoms with E-state index in [-0.39, 0.29) is 11.8 Å². The average Bonchev–Trinajstić information content (AvgIpc) is 2.85. The Morgan fingerprint density at radius 1 is 1.00 bits per heavy atom. The number of pyridine rings is 1. The zero-order chi connectivity index (χ0) is 22.5. The van der Waals surface area contributed by atoms with Crippen LogP contribution in [-0.4, -0.2) is 34.8 Å². The monoisotopic (exact) mass is 444 g/mol. The van der Waals surface area contributed by atoms with Crippen molar-refractivity contribution in [1.29, 1.82) is 5.26 Å². The summed E-state index contributed by atoms with van der Waals surface area (Å²) in [5.41, 5.74) is 3.18. The summed E-state index contributed by atoms with van der Waals surface area (Å²) < 4.78 is 0. The summed E-state index contributed by atoms with van der Waals surface area (Å²) in [4.78, 5) is 31.3. The first-order valence-electron chi connectivity index (χ1n) is 10.4. The average molecular weight is 445 g/mol. The summed E-state index contributed by atoms with van der Waals surface area (Å²) in [6.07, 6.45) is 4.80. The number of amides is 2. The largest absolute Gasteiger partial charge is 0.339 e. The number of nitriles is 1. The van der Waals surface area contributed by atoms with Crippen molar-refractivity contribution in [3.8, 4) is 6.07 Å². The van der Waals surface area contributed by atoms with E-state index in [1.54, 1.807) is 30.3 Å². The molecule has 0 atom stereocenters. The minimum atomic E-state index is -0.317. The fraction of sp³-hybridized carbons (Fsp3) is 0.200. The molecule has 0 aliphatic carbocycles. The number of anilines is 1. The molecule has 1 fully saturated rings. The normalized spacial score (nSPS) is 13.9. The van der Waals surface area contributed by atoms with Crippen LogP contribution in [0.15, 0.2) is 67.0 Å². The van der Waals surface area contributed by atoms with Crippen LogP contribution in [0.5, 0.6) is 0 Å². The van der Waals surface area contributed by atoms with Gasteiger partial charge in [0.15, 0.2) is 0 Å². The van der Waals surface area contributed by atoms with Gasteiger partial charge in [-0.2, -0.15) is 5.26 Å². The molecule has 2 aromatic carbocycles. The van der Waals surface area contributed by atoms with Gasteiger partial charge in [0, 0.05) is 36.6 Å². The second-order valence-corrected chi connectivity index (χ2v) is 8.09. The number of nitrogens with one attached hydrogen (secondary N) is 1. The van der Waals surface area contributed by atoms with Crippen molar-refractivity contribution in [1.82, 2.24) is 9.88 Å². The predicted octanol–water partition coefficient (Wildman–Crippen LogP) is 4.88. The molecule has 1 saturated heterocycles. The number of likely N-dealkylation sites (tertiary alicyclic amines) is 1. The van der Waals surface area contributed by atoms with Crippen molar-refractivity contribution in [2.45, 2.75) is 18.8 Å². The maximum Gasteiger partial charge on any atom is 0.255 e. The van der Waals surface area contributed by atoms with Crippen LogP contribution < -0.4 is 5.32 Å². The number of carbonyl (C=O) groups excluding carboxylic acids is 2. The third kappa shape index (κ3) is 4.79. The van der Waals surface area contributed by atoms with Gasteiger partial charge in [-0.1, -0.05) is 23.7 Å². The predicted molar refractivity (Wildman–Crippen MR) is 123 cm³/mol. The Balaban J connectivity index is 1.42. The number of rotatable bonds is 4. The van der Waals surface area contributed by atoms with Crippen LogP contribution in [0.2, 0.25) is 5.02 Å². The number of aromatic nitrogens is 1. The highest BCUT2D eigenvalue weighted by molar-refractivity contribution is 6.34. The van der Waals surface area contributed by atoms with Gasteiger partial charge in [-0.3, -0.25) is 14.6 Å². The Labute approximate surface area is 191 Å². The Hall–Kier alpha value is -3.69. The van der Waals surface area contributed by atoms with Crippen LogP contribution in [0, 0.1) is 11.3 Å². The first-order chi connectivity index (χ1) is 15.5. The van der Waals surface area contributed by atoms with Crippen molar-refractivity contribution in [2.75, 3.05) is 18.4 Å². The summed E-state index contributed by atoms with van der Waals surface area (Å²) in [5, 5.41) is 12.1. The zero-order valence-electron chi connectivity index (χ0n) is 17.3. The van der Waals surface area contributed by atoms with E-state index in [9.17, 15) is 9.59 Å². The van der Waals surface area contributed by atoms with E-state index in [0.29, 0.717) is 46.4 Å². The van der Waals surface area contributed by atoms with Crippen LogP contribution in [0.25, 0.3) is 0 Å². The quantitative estimate of drug-likeness (QED) is 0.621. The van der Waals surface area contributed by atoms with Crippen LogP contribution >= 0.6 is 11.6 Å². The molecule has 1 aliphatic heterocycles. The number of benzene rings is 2. The molecule has 1 N–H and O–H groups in total. The minimum absolute atomic E-state index is 0.0839. The molecular formula is C25H21ClN4O2. The molecule has 7 heteroatoms. The summed E-state index contributed by atoms with van der Waals surface area (Å²) in [7, 11) is 0. The maximum absolute atomic E-state index is 13.1. The van der Waals surface area contributed by atoms with Crippen molar-refractivity contribution < 1.29 is 9.59 Å². The van der Waals surface area contributed by atoms with E-state index in [1.807, 2.05) is 29.2 Å². The lowest BCUT2D eigenvalue weighted by molar-refractivity contribution is 0.0712. The lowest BCUT2D eigenvalue weighted by Crippen LogP contribution is -2.38. The van der Waals surface area contributed by atoms with E-state index in [0.717, 1.165) is 12.8 Å². The summed E-state index contributed by atoms with van der Waals surface area (Å²) >= 11 is 6.25. The summed E-state index contributed by atoms with van der Waals surface area (Å²) in [5.74, 6) is -0.0336. The van der Waals surface area contributed by atoms with Gasteiger partial charge in [-0.15, -0.1) is 0 Å². The van der Waals surface area contributed by atoms with Gasteiger partial charge < -0.3 is 10.2 Å². The Kier molecular flexibility index (Phi) is 6.48. The van der Waals surface area contributed by atoms with Crippen molar-refractivity contribution in [2.24, 2.45) is 0 Å².